The van der Waals surface area contributed by atoms with Crippen LogP contribution in [0.3, 0.4) is 0 Å². The van der Waals surface area contributed by atoms with E-state index in [9.17, 15) is 0 Å². The van der Waals surface area contributed by atoms with Gasteiger partial charge in [-0.25, -0.2) is 0 Å². The number of nitrogens with zero attached hydrogens (tertiary/aromatic N) is 3. The predicted molar refractivity (Wildman–Crippen MR) is 83.0 cm³/mol. The van der Waals surface area contributed by atoms with Gasteiger partial charge < -0.3 is 8.94 Å². The van der Waals surface area contributed by atoms with Crippen LogP contribution in [0.5, 0.6) is 0 Å². The summed E-state index contributed by atoms with van der Waals surface area (Å²) in [5.41, 5.74) is 2.86. The Bertz CT molecular complexity index is 750. The molecule has 0 fully saturated rings. The maximum atomic E-state index is 5.67. The first-order valence-electron chi connectivity index (χ1n) is 6.27. The molecule has 3 rings (SSSR count). The molecule has 0 unspecified atom stereocenters. The molecule has 5 nitrogen and oxygen atoms in total. The standard InChI is InChI=1S/C14H12BrN3O2S/c1-8-12(9(2)20-18-8)7-21-14-17-16-13(19-14)10-4-3-5-11(15)6-10/h3-6H,7H2,1-2H3. The van der Waals surface area contributed by atoms with E-state index in [-0.39, 0.29) is 0 Å². The van der Waals surface area contributed by atoms with Crippen LogP contribution in [0.25, 0.3) is 11.5 Å². The number of rotatable bonds is 4. The second-order valence-corrected chi connectivity index (χ2v) is 6.32. The smallest absolute Gasteiger partial charge is 0.277 e. The van der Waals surface area contributed by atoms with E-state index in [4.69, 9.17) is 8.94 Å². The summed E-state index contributed by atoms with van der Waals surface area (Å²) in [7, 11) is 0. The molecular formula is C14H12BrN3O2S. The first-order valence-corrected chi connectivity index (χ1v) is 8.05. The minimum Gasteiger partial charge on any atom is -0.411 e. The molecule has 0 amide bonds. The lowest BCUT2D eigenvalue weighted by atomic mass is 10.2. The Morgan fingerprint density at radius 3 is 2.81 bits per heavy atom. The van der Waals surface area contributed by atoms with Crippen LogP contribution >= 0.6 is 27.7 Å². The fraction of sp³-hybridized carbons (Fsp3) is 0.214. The number of hydrogen-bond donors (Lipinski definition) is 0. The minimum absolute atomic E-state index is 0.512. The first-order chi connectivity index (χ1) is 10.1. The zero-order chi connectivity index (χ0) is 14.8. The molecule has 0 radical (unpaired) electrons. The van der Waals surface area contributed by atoms with Crippen LogP contribution in [0.2, 0.25) is 0 Å². The SMILES string of the molecule is Cc1noc(C)c1CSc1nnc(-c2cccc(Br)c2)o1. The second-order valence-electron chi connectivity index (χ2n) is 4.47. The van der Waals surface area contributed by atoms with Gasteiger partial charge in [-0.05, 0) is 32.0 Å². The molecule has 0 bridgehead atoms. The molecule has 0 aliphatic heterocycles. The van der Waals surface area contributed by atoms with Crippen molar-refractivity contribution in [2.24, 2.45) is 0 Å². The molecule has 0 spiro atoms. The molecule has 0 atom stereocenters. The number of hydrogen-bond acceptors (Lipinski definition) is 6. The molecule has 21 heavy (non-hydrogen) atoms. The summed E-state index contributed by atoms with van der Waals surface area (Å²) >= 11 is 4.90. The number of aryl methyl sites for hydroxylation is 2. The Morgan fingerprint density at radius 2 is 2.10 bits per heavy atom. The Kier molecular flexibility index (Phi) is 4.12. The van der Waals surface area contributed by atoms with Crippen LogP contribution in [0.15, 0.2) is 42.9 Å². The van der Waals surface area contributed by atoms with E-state index < -0.39 is 0 Å². The second kappa shape index (κ2) is 6.03. The molecule has 3 aromatic rings. The molecule has 1 aromatic carbocycles. The van der Waals surface area contributed by atoms with Crippen LogP contribution in [0.4, 0.5) is 0 Å². The summed E-state index contributed by atoms with van der Waals surface area (Å²) in [6, 6.07) is 7.75. The van der Waals surface area contributed by atoms with Crippen LogP contribution in [-0.2, 0) is 5.75 Å². The summed E-state index contributed by atoms with van der Waals surface area (Å²) in [6.07, 6.45) is 0. The van der Waals surface area contributed by atoms with E-state index in [0.717, 1.165) is 27.1 Å². The van der Waals surface area contributed by atoms with Crippen molar-refractivity contribution < 1.29 is 8.94 Å². The molecule has 0 aliphatic carbocycles. The summed E-state index contributed by atoms with van der Waals surface area (Å²) in [6.45, 7) is 3.82. The van der Waals surface area contributed by atoms with E-state index in [1.807, 2.05) is 38.1 Å². The monoisotopic (exact) mass is 365 g/mol. The predicted octanol–water partition coefficient (Wildman–Crippen LogP) is 4.40. The van der Waals surface area contributed by atoms with Crippen molar-refractivity contribution in [3.05, 3.63) is 45.8 Å². The van der Waals surface area contributed by atoms with Crippen LogP contribution < -0.4 is 0 Å². The Labute approximate surface area is 134 Å². The van der Waals surface area contributed by atoms with E-state index >= 15 is 0 Å². The van der Waals surface area contributed by atoms with Crippen LogP contribution in [-0.4, -0.2) is 15.4 Å². The molecular weight excluding hydrogens is 354 g/mol. The van der Waals surface area contributed by atoms with Crippen molar-refractivity contribution in [2.45, 2.75) is 24.8 Å². The maximum Gasteiger partial charge on any atom is 0.277 e. The van der Waals surface area contributed by atoms with Crippen LogP contribution in [0.1, 0.15) is 17.0 Å². The van der Waals surface area contributed by atoms with Crippen molar-refractivity contribution in [3.63, 3.8) is 0 Å². The van der Waals surface area contributed by atoms with Crippen molar-refractivity contribution in [3.8, 4) is 11.5 Å². The number of benzene rings is 1. The highest BCUT2D eigenvalue weighted by Gasteiger charge is 2.13. The molecule has 2 heterocycles. The number of thioether (sulfide) groups is 1. The minimum atomic E-state index is 0.512. The largest absolute Gasteiger partial charge is 0.411 e. The van der Waals surface area contributed by atoms with Gasteiger partial charge in [0.1, 0.15) is 5.76 Å². The summed E-state index contributed by atoms with van der Waals surface area (Å²) in [5, 5.41) is 12.6. The van der Waals surface area contributed by atoms with E-state index in [2.05, 4.69) is 31.3 Å². The summed E-state index contributed by atoms with van der Waals surface area (Å²) in [4.78, 5) is 0. The van der Waals surface area contributed by atoms with Crippen LogP contribution in [0, 0.1) is 13.8 Å². The average molecular weight is 366 g/mol. The lowest BCUT2D eigenvalue weighted by Gasteiger charge is -1.96. The van der Waals surface area contributed by atoms with Crippen molar-refractivity contribution in [2.75, 3.05) is 0 Å². The van der Waals surface area contributed by atoms with Gasteiger partial charge in [0.25, 0.3) is 5.22 Å². The quantitative estimate of drug-likeness (QED) is 0.638. The van der Waals surface area contributed by atoms with Gasteiger partial charge in [-0.2, -0.15) is 0 Å². The van der Waals surface area contributed by atoms with Gasteiger partial charge in [0.2, 0.25) is 5.89 Å². The third-order valence-electron chi connectivity index (χ3n) is 3.00. The highest BCUT2D eigenvalue weighted by molar-refractivity contribution is 9.10. The van der Waals surface area contributed by atoms with Gasteiger partial charge in [0.05, 0.1) is 5.69 Å². The lowest BCUT2D eigenvalue weighted by Crippen LogP contribution is -1.84. The average Bonchev–Trinajstić information content (AvgIpc) is 3.05. The van der Waals surface area contributed by atoms with Gasteiger partial charge in [-0.3, -0.25) is 0 Å². The third-order valence-corrected chi connectivity index (χ3v) is 4.34. The Morgan fingerprint density at radius 1 is 1.24 bits per heavy atom. The molecule has 0 saturated carbocycles. The lowest BCUT2D eigenvalue weighted by molar-refractivity contribution is 0.392. The highest BCUT2D eigenvalue weighted by Crippen LogP contribution is 2.28. The normalized spacial score (nSPS) is 11.0. The van der Waals surface area contributed by atoms with E-state index in [1.54, 1.807) is 0 Å². The van der Waals surface area contributed by atoms with Gasteiger partial charge in [-0.15, -0.1) is 10.2 Å². The van der Waals surface area contributed by atoms with E-state index in [0.29, 0.717) is 16.9 Å². The Balaban J connectivity index is 1.74. The highest BCUT2D eigenvalue weighted by atomic mass is 79.9. The van der Waals surface area contributed by atoms with Crippen molar-refractivity contribution in [1.82, 2.24) is 15.4 Å². The zero-order valence-electron chi connectivity index (χ0n) is 11.5. The van der Waals surface area contributed by atoms with Crippen molar-refractivity contribution in [1.29, 1.82) is 0 Å². The molecule has 0 aliphatic rings. The molecule has 2 aromatic heterocycles. The number of halogens is 1. The zero-order valence-corrected chi connectivity index (χ0v) is 13.9. The molecule has 0 N–H and O–H groups in total. The van der Waals surface area contributed by atoms with E-state index in [1.165, 1.54) is 11.8 Å². The topological polar surface area (TPSA) is 65.0 Å². The van der Waals surface area contributed by atoms with Gasteiger partial charge in [-0.1, -0.05) is 38.9 Å². The van der Waals surface area contributed by atoms with Gasteiger partial charge in [0.15, 0.2) is 0 Å². The molecule has 0 saturated heterocycles. The molecule has 7 heteroatoms. The fourth-order valence-electron chi connectivity index (χ4n) is 1.85. The van der Waals surface area contributed by atoms with Gasteiger partial charge in [0, 0.05) is 21.4 Å². The van der Waals surface area contributed by atoms with Gasteiger partial charge >= 0.3 is 0 Å². The maximum absolute atomic E-state index is 5.67. The fourth-order valence-corrected chi connectivity index (χ4v) is 3.16. The Hall–Kier alpha value is -1.60. The molecule has 108 valence electrons. The summed E-state index contributed by atoms with van der Waals surface area (Å²) in [5.74, 6) is 2.03. The number of aromatic nitrogens is 3. The summed E-state index contributed by atoms with van der Waals surface area (Å²) < 4.78 is 11.8. The first kappa shape index (κ1) is 14.3. The third kappa shape index (κ3) is 3.19. The van der Waals surface area contributed by atoms with Crippen molar-refractivity contribution >= 4 is 27.7 Å².